The second kappa shape index (κ2) is 6.95. The average molecular weight is 420 g/mol. The SMILES string of the molecule is O=C(c1ccc(S(=O)(=O)Nc2nccs2)cc1)N1Cc2ccc(Cl)cc2C1. The highest BCUT2D eigenvalue weighted by atomic mass is 35.5. The molecule has 0 spiro atoms. The first-order chi connectivity index (χ1) is 12.9. The minimum Gasteiger partial charge on any atom is -0.330 e. The number of fused-ring (bicyclic) bond motifs is 1. The standard InChI is InChI=1S/C18H14ClN3O3S2/c19-15-4-1-13-10-22(11-14(13)9-15)17(23)12-2-5-16(6-3-12)27(24,25)21-18-20-7-8-26-18/h1-9H,10-11H2,(H,20,21). The van der Waals surface area contributed by atoms with E-state index in [1.54, 1.807) is 10.3 Å². The predicted octanol–water partition coefficient (Wildman–Crippen LogP) is 3.75. The van der Waals surface area contributed by atoms with Crippen LogP contribution in [0.15, 0.2) is 58.9 Å². The van der Waals surface area contributed by atoms with Crippen molar-refractivity contribution in [2.45, 2.75) is 18.0 Å². The van der Waals surface area contributed by atoms with Crippen LogP contribution in [0, 0.1) is 0 Å². The van der Waals surface area contributed by atoms with E-state index in [0.29, 0.717) is 28.8 Å². The third-order valence-electron chi connectivity index (χ3n) is 4.24. The zero-order valence-corrected chi connectivity index (χ0v) is 16.3. The second-order valence-electron chi connectivity index (χ2n) is 6.04. The Hall–Kier alpha value is -2.42. The van der Waals surface area contributed by atoms with Gasteiger partial charge in [0.05, 0.1) is 4.90 Å². The number of amides is 1. The van der Waals surface area contributed by atoms with Crippen LogP contribution in [-0.4, -0.2) is 24.2 Å². The Morgan fingerprint density at radius 2 is 1.85 bits per heavy atom. The summed E-state index contributed by atoms with van der Waals surface area (Å²) in [6.45, 7) is 0.997. The summed E-state index contributed by atoms with van der Waals surface area (Å²) in [6, 6.07) is 11.5. The van der Waals surface area contributed by atoms with Crippen LogP contribution in [0.4, 0.5) is 5.13 Å². The molecule has 0 saturated heterocycles. The summed E-state index contributed by atoms with van der Waals surface area (Å²) in [5.74, 6) is -0.154. The van der Waals surface area contributed by atoms with E-state index in [1.807, 2.05) is 18.2 Å². The Balaban J connectivity index is 1.50. The largest absolute Gasteiger partial charge is 0.330 e. The molecule has 1 aromatic heterocycles. The van der Waals surface area contributed by atoms with Gasteiger partial charge in [0.25, 0.3) is 15.9 Å². The second-order valence-corrected chi connectivity index (χ2v) is 9.05. The summed E-state index contributed by atoms with van der Waals surface area (Å²) in [7, 11) is -3.73. The average Bonchev–Trinajstić information content (AvgIpc) is 3.30. The number of rotatable bonds is 4. The highest BCUT2D eigenvalue weighted by Gasteiger charge is 2.25. The summed E-state index contributed by atoms with van der Waals surface area (Å²) >= 11 is 7.20. The summed E-state index contributed by atoms with van der Waals surface area (Å²) in [4.78, 5) is 18.4. The number of carbonyl (C=O) groups excluding carboxylic acids is 1. The summed E-state index contributed by atoms with van der Waals surface area (Å²) < 4.78 is 27.1. The van der Waals surface area contributed by atoms with Gasteiger partial charge in [0.15, 0.2) is 5.13 Å². The first kappa shape index (κ1) is 18.0. The molecular formula is C18H14ClN3O3S2. The summed E-state index contributed by atoms with van der Waals surface area (Å²) in [5, 5.41) is 2.62. The maximum atomic E-state index is 12.7. The third kappa shape index (κ3) is 3.69. The number of nitrogens with zero attached hydrogens (tertiary/aromatic N) is 2. The molecule has 0 unspecified atom stereocenters. The van der Waals surface area contributed by atoms with Crippen molar-refractivity contribution < 1.29 is 13.2 Å². The number of nitrogens with one attached hydrogen (secondary N) is 1. The highest BCUT2D eigenvalue weighted by molar-refractivity contribution is 7.93. The Morgan fingerprint density at radius 1 is 1.11 bits per heavy atom. The molecule has 1 amide bonds. The third-order valence-corrected chi connectivity index (χ3v) is 6.65. The molecular weight excluding hydrogens is 406 g/mol. The minimum absolute atomic E-state index is 0.0748. The fourth-order valence-corrected chi connectivity index (χ4v) is 4.90. The topological polar surface area (TPSA) is 79.4 Å². The number of anilines is 1. The molecule has 2 heterocycles. The zero-order chi connectivity index (χ0) is 19.0. The molecule has 6 nitrogen and oxygen atoms in total. The number of hydrogen-bond donors (Lipinski definition) is 1. The smallest absolute Gasteiger partial charge is 0.263 e. The molecule has 0 bridgehead atoms. The van der Waals surface area contributed by atoms with Crippen molar-refractivity contribution in [3.63, 3.8) is 0 Å². The summed E-state index contributed by atoms with van der Waals surface area (Å²) in [5.41, 5.74) is 2.53. The quantitative estimate of drug-likeness (QED) is 0.698. The number of aromatic nitrogens is 1. The van der Waals surface area contributed by atoms with E-state index in [2.05, 4.69) is 9.71 Å². The van der Waals surface area contributed by atoms with E-state index < -0.39 is 10.0 Å². The van der Waals surface area contributed by atoms with Crippen LogP contribution >= 0.6 is 22.9 Å². The number of sulfonamides is 1. The first-order valence-corrected chi connectivity index (χ1v) is 10.8. The van der Waals surface area contributed by atoms with E-state index in [-0.39, 0.29) is 10.8 Å². The van der Waals surface area contributed by atoms with Gasteiger partial charge >= 0.3 is 0 Å². The zero-order valence-electron chi connectivity index (χ0n) is 13.9. The van der Waals surface area contributed by atoms with E-state index in [0.717, 1.165) is 11.1 Å². The molecule has 138 valence electrons. The molecule has 0 fully saturated rings. The molecule has 27 heavy (non-hydrogen) atoms. The van der Waals surface area contributed by atoms with E-state index in [1.165, 1.54) is 41.8 Å². The van der Waals surface area contributed by atoms with Gasteiger partial charge in [-0.25, -0.2) is 13.4 Å². The molecule has 0 aliphatic carbocycles. The van der Waals surface area contributed by atoms with Crippen LogP contribution in [0.3, 0.4) is 0 Å². The highest BCUT2D eigenvalue weighted by Crippen LogP contribution is 2.27. The van der Waals surface area contributed by atoms with Crippen LogP contribution in [0.1, 0.15) is 21.5 Å². The van der Waals surface area contributed by atoms with Crippen molar-refractivity contribution in [3.05, 3.63) is 75.8 Å². The maximum Gasteiger partial charge on any atom is 0.263 e. The summed E-state index contributed by atoms with van der Waals surface area (Å²) in [6.07, 6.45) is 1.52. The molecule has 1 N–H and O–H groups in total. The fraction of sp³-hybridized carbons (Fsp3) is 0.111. The van der Waals surface area contributed by atoms with Gasteiger partial charge in [-0.05, 0) is 47.5 Å². The van der Waals surface area contributed by atoms with Crippen molar-refractivity contribution >= 4 is 44.0 Å². The number of thiazole rings is 1. The number of carbonyl (C=O) groups is 1. The van der Waals surface area contributed by atoms with E-state index >= 15 is 0 Å². The Bertz CT molecular complexity index is 1100. The molecule has 1 aliphatic heterocycles. The molecule has 0 atom stereocenters. The van der Waals surface area contributed by atoms with Crippen molar-refractivity contribution in [3.8, 4) is 0 Å². The number of benzene rings is 2. The lowest BCUT2D eigenvalue weighted by Crippen LogP contribution is -2.25. The maximum absolute atomic E-state index is 12.7. The number of hydrogen-bond acceptors (Lipinski definition) is 5. The van der Waals surface area contributed by atoms with Gasteiger partial charge in [-0.3, -0.25) is 9.52 Å². The van der Waals surface area contributed by atoms with Gasteiger partial charge < -0.3 is 4.90 Å². The molecule has 4 rings (SSSR count). The monoisotopic (exact) mass is 419 g/mol. The van der Waals surface area contributed by atoms with Gasteiger partial charge in [-0.15, -0.1) is 11.3 Å². The van der Waals surface area contributed by atoms with Crippen molar-refractivity contribution in [1.82, 2.24) is 9.88 Å². The van der Waals surface area contributed by atoms with E-state index in [9.17, 15) is 13.2 Å². The lowest BCUT2D eigenvalue weighted by atomic mass is 10.1. The van der Waals surface area contributed by atoms with Crippen LogP contribution in [0.5, 0.6) is 0 Å². The van der Waals surface area contributed by atoms with Gasteiger partial charge in [-0.2, -0.15) is 0 Å². The van der Waals surface area contributed by atoms with Gasteiger partial charge in [0, 0.05) is 35.3 Å². The molecule has 9 heteroatoms. The molecule has 1 aliphatic rings. The van der Waals surface area contributed by atoms with Crippen LogP contribution < -0.4 is 4.72 Å². The fourth-order valence-electron chi connectivity index (χ4n) is 2.91. The molecule has 0 radical (unpaired) electrons. The molecule has 0 saturated carbocycles. The predicted molar refractivity (Wildman–Crippen MR) is 104 cm³/mol. The van der Waals surface area contributed by atoms with Gasteiger partial charge in [0.2, 0.25) is 0 Å². The van der Waals surface area contributed by atoms with Crippen LogP contribution in [0.2, 0.25) is 5.02 Å². The van der Waals surface area contributed by atoms with E-state index in [4.69, 9.17) is 11.6 Å². The number of halogens is 1. The Morgan fingerprint density at radius 3 is 2.56 bits per heavy atom. The van der Waals surface area contributed by atoms with Gasteiger partial charge in [0.1, 0.15) is 0 Å². The molecule has 3 aromatic rings. The lowest BCUT2D eigenvalue weighted by Gasteiger charge is -2.15. The lowest BCUT2D eigenvalue weighted by molar-refractivity contribution is 0.0751. The van der Waals surface area contributed by atoms with Gasteiger partial charge in [-0.1, -0.05) is 17.7 Å². The normalized spacial score (nSPS) is 13.4. The van der Waals surface area contributed by atoms with Crippen LogP contribution in [-0.2, 0) is 23.1 Å². The first-order valence-electron chi connectivity index (χ1n) is 8.01. The Kier molecular flexibility index (Phi) is 4.63. The van der Waals surface area contributed by atoms with Crippen molar-refractivity contribution in [2.75, 3.05) is 4.72 Å². The van der Waals surface area contributed by atoms with Crippen LogP contribution in [0.25, 0.3) is 0 Å². The van der Waals surface area contributed by atoms with Crippen molar-refractivity contribution in [1.29, 1.82) is 0 Å². The molecule has 2 aromatic carbocycles. The van der Waals surface area contributed by atoms with Crippen molar-refractivity contribution in [2.24, 2.45) is 0 Å². The minimum atomic E-state index is -3.73. The Labute approximate surface area is 165 Å².